The average molecular weight is 366 g/mol. The molecule has 1 aromatic rings. The highest BCUT2D eigenvalue weighted by atomic mass is 35.5. The lowest BCUT2D eigenvalue weighted by molar-refractivity contribution is -0.127. The predicted octanol–water partition coefficient (Wildman–Crippen LogP) is 3.00. The highest BCUT2D eigenvalue weighted by Gasteiger charge is 2.67. The lowest BCUT2D eigenvalue weighted by atomic mass is 9.85. The number of carbonyl (C=O) groups excluding carboxylic acids is 1. The molecular formula is C15H25Cl2N3OS. The number of nitrogens with zero attached hydrogens (tertiary/aromatic N) is 1. The highest BCUT2D eigenvalue weighted by molar-refractivity contribution is 7.11. The molecule has 2 N–H and O–H groups in total. The number of rotatable bonds is 3. The van der Waals surface area contributed by atoms with Crippen molar-refractivity contribution >= 4 is 42.1 Å². The van der Waals surface area contributed by atoms with E-state index in [1.807, 2.05) is 13.8 Å². The van der Waals surface area contributed by atoms with Gasteiger partial charge in [-0.2, -0.15) is 0 Å². The number of hydrogen-bond donors (Lipinski definition) is 2. The van der Waals surface area contributed by atoms with Gasteiger partial charge in [0.1, 0.15) is 0 Å². The van der Waals surface area contributed by atoms with Crippen LogP contribution in [0, 0.1) is 24.7 Å². The van der Waals surface area contributed by atoms with E-state index < -0.39 is 0 Å². The molecule has 3 rings (SSSR count). The normalized spacial score (nSPS) is 25.0. The first-order valence-corrected chi connectivity index (χ1v) is 8.20. The van der Waals surface area contributed by atoms with Crippen LogP contribution in [0.1, 0.15) is 41.8 Å². The molecule has 22 heavy (non-hydrogen) atoms. The standard InChI is InChI=1S/C15H23N3OS.2ClH/c1-10-12(20-11(2)18-10)8-17-13(19)14(3)9-15(14)4-6-16-7-5-15;;/h16H,4-9H2,1-3H3,(H,17,19);2*1H. The third-order valence-electron chi connectivity index (χ3n) is 5.21. The molecule has 1 amide bonds. The van der Waals surface area contributed by atoms with Crippen LogP contribution in [0.4, 0.5) is 0 Å². The van der Waals surface area contributed by atoms with Crippen molar-refractivity contribution < 1.29 is 4.79 Å². The van der Waals surface area contributed by atoms with Crippen molar-refractivity contribution in [2.24, 2.45) is 10.8 Å². The first-order chi connectivity index (χ1) is 9.47. The van der Waals surface area contributed by atoms with Gasteiger partial charge in [0, 0.05) is 4.88 Å². The number of aromatic nitrogens is 1. The minimum atomic E-state index is -0.150. The zero-order valence-corrected chi connectivity index (χ0v) is 15.8. The monoisotopic (exact) mass is 365 g/mol. The number of aryl methyl sites for hydroxylation is 2. The maximum absolute atomic E-state index is 12.5. The summed E-state index contributed by atoms with van der Waals surface area (Å²) in [5, 5.41) is 7.59. The van der Waals surface area contributed by atoms with E-state index in [-0.39, 0.29) is 41.6 Å². The second-order valence-corrected chi connectivity index (χ2v) is 7.75. The van der Waals surface area contributed by atoms with Crippen molar-refractivity contribution in [1.82, 2.24) is 15.6 Å². The molecule has 1 aliphatic heterocycles. The molecular weight excluding hydrogens is 341 g/mol. The van der Waals surface area contributed by atoms with Gasteiger partial charge in [0.2, 0.25) is 5.91 Å². The SMILES string of the molecule is Cc1nc(C)c(CNC(=O)C2(C)CC23CCNCC3)s1.Cl.Cl. The summed E-state index contributed by atoms with van der Waals surface area (Å²) in [6.07, 6.45) is 3.32. The van der Waals surface area contributed by atoms with Gasteiger partial charge in [-0.15, -0.1) is 36.2 Å². The molecule has 126 valence electrons. The van der Waals surface area contributed by atoms with Crippen LogP contribution < -0.4 is 10.6 Å². The van der Waals surface area contributed by atoms with Gasteiger partial charge >= 0.3 is 0 Å². The number of hydrogen-bond acceptors (Lipinski definition) is 4. The molecule has 1 aromatic heterocycles. The molecule has 1 aliphatic carbocycles. The number of amides is 1. The van der Waals surface area contributed by atoms with Gasteiger partial charge in [0.05, 0.1) is 22.7 Å². The smallest absolute Gasteiger partial charge is 0.226 e. The van der Waals surface area contributed by atoms with Gasteiger partial charge < -0.3 is 10.6 Å². The zero-order chi connectivity index (χ0) is 14.4. The Labute approximate surface area is 148 Å². The summed E-state index contributed by atoms with van der Waals surface area (Å²) >= 11 is 1.68. The molecule has 7 heteroatoms. The van der Waals surface area contributed by atoms with Crippen LogP contribution in [-0.4, -0.2) is 24.0 Å². The number of nitrogens with one attached hydrogen (secondary N) is 2. The summed E-state index contributed by atoms with van der Waals surface area (Å²) in [5.74, 6) is 0.227. The summed E-state index contributed by atoms with van der Waals surface area (Å²) in [4.78, 5) is 18.1. The van der Waals surface area contributed by atoms with Gasteiger partial charge in [-0.1, -0.05) is 6.92 Å². The van der Waals surface area contributed by atoms with Crippen molar-refractivity contribution in [3.63, 3.8) is 0 Å². The first-order valence-electron chi connectivity index (χ1n) is 7.39. The topological polar surface area (TPSA) is 54.0 Å². The second-order valence-electron chi connectivity index (χ2n) is 6.46. The lowest BCUT2D eigenvalue weighted by Gasteiger charge is -2.27. The molecule has 1 spiro atoms. The van der Waals surface area contributed by atoms with Crippen molar-refractivity contribution in [3.05, 3.63) is 15.6 Å². The summed E-state index contributed by atoms with van der Waals surface area (Å²) in [5.41, 5.74) is 1.16. The van der Waals surface area contributed by atoms with Crippen LogP contribution in [0.25, 0.3) is 0 Å². The van der Waals surface area contributed by atoms with Crippen molar-refractivity contribution in [3.8, 4) is 0 Å². The number of piperidine rings is 1. The van der Waals surface area contributed by atoms with Crippen molar-refractivity contribution in [1.29, 1.82) is 0 Å². The van der Waals surface area contributed by atoms with E-state index in [0.717, 1.165) is 43.1 Å². The Morgan fingerprint density at radius 3 is 2.50 bits per heavy atom. The summed E-state index contributed by atoms with van der Waals surface area (Å²) < 4.78 is 0. The fourth-order valence-corrected chi connectivity index (χ4v) is 4.56. The van der Waals surface area contributed by atoms with Crippen LogP contribution in [0.15, 0.2) is 0 Å². The van der Waals surface area contributed by atoms with Gasteiger partial charge in [0.15, 0.2) is 0 Å². The van der Waals surface area contributed by atoms with Crippen LogP contribution >= 0.6 is 36.2 Å². The molecule has 2 aliphatic rings. The lowest BCUT2D eigenvalue weighted by Crippen LogP contribution is -2.38. The third kappa shape index (κ3) is 3.28. The average Bonchev–Trinajstić information content (AvgIpc) is 2.84. The minimum absolute atomic E-state index is 0. The van der Waals surface area contributed by atoms with E-state index in [9.17, 15) is 4.79 Å². The van der Waals surface area contributed by atoms with Gasteiger partial charge in [0.25, 0.3) is 0 Å². The Kier molecular flexibility index (Phi) is 6.30. The van der Waals surface area contributed by atoms with Crippen LogP contribution in [0.5, 0.6) is 0 Å². The van der Waals surface area contributed by atoms with Crippen molar-refractivity contribution in [2.75, 3.05) is 13.1 Å². The second kappa shape index (κ2) is 7.04. The molecule has 2 heterocycles. The Morgan fingerprint density at radius 1 is 1.32 bits per heavy atom. The molecule has 1 unspecified atom stereocenters. The zero-order valence-electron chi connectivity index (χ0n) is 13.3. The third-order valence-corrected chi connectivity index (χ3v) is 6.28. The molecule has 1 atom stereocenters. The largest absolute Gasteiger partial charge is 0.351 e. The summed E-state index contributed by atoms with van der Waals surface area (Å²) in [7, 11) is 0. The molecule has 0 radical (unpaired) electrons. The van der Waals surface area contributed by atoms with Crippen LogP contribution in [0.2, 0.25) is 0 Å². The van der Waals surface area contributed by atoms with E-state index in [1.165, 1.54) is 4.88 Å². The predicted molar refractivity (Wildman–Crippen MR) is 95.2 cm³/mol. The summed E-state index contributed by atoms with van der Waals surface area (Å²) in [6, 6.07) is 0. The summed E-state index contributed by atoms with van der Waals surface area (Å²) in [6.45, 7) is 8.89. The van der Waals surface area contributed by atoms with Gasteiger partial charge in [-0.25, -0.2) is 4.98 Å². The van der Waals surface area contributed by atoms with Crippen molar-refractivity contribution in [2.45, 2.75) is 46.6 Å². The van der Waals surface area contributed by atoms with E-state index >= 15 is 0 Å². The van der Waals surface area contributed by atoms with Gasteiger partial charge in [-0.3, -0.25) is 4.79 Å². The van der Waals surface area contributed by atoms with E-state index in [2.05, 4.69) is 22.5 Å². The van der Waals surface area contributed by atoms with E-state index in [4.69, 9.17) is 0 Å². The quantitative estimate of drug-likeness (QED) is 0.865. The fourth-order valence-electron chi connectivity index (χ4n) is 3.68. The maximum Gasteiger partial charge on any atom is 0.226 e. The number of carbonyl (C=O) groups is 1. The molecule has 1 saturated heterocycles. The van der Waals surface area contributed by atoms with Crippen LogP contribution in [-0.2, 0) is 11.3 Å². The molecule has 0 bridgehead atoms. The maximum atomic E-state index is 12.5. The Balaban J connectivity index is 0.00000121. The molecule has 1 saturated carbocycles. The molecule has 2 fully saturated rings. The first kappa shape index (κ1) is 19.7. The van der Waals surface area contributed by atoms with E-state index in [0.29, 0.717) is 6.54 Å². The number of halogens is 2. The molecule has 0 aromatic carbocycles. The van der Waals surface area contributed by atoms with E-state index in [1.54, 1.807) is 11.3 Å². The minimum Gasteiger partial charge on any atom is -0.351 e. The Hall–Kier alpha value is -0.360. The Bertz CT molecular complexity index is 543. The van der Waals surface area contributed by atoms with Crippen LogP contribution in [0.3, 0.4) is 0 Å². The number of thiazole rings is 1. The highest BCUT2D eigenvalue weighted by Crippen LogP contribution is 2.68. The molecule has 4 nitrogen and oxygen atoms in total. The Morgan fingerprint density at radius 2 is 1.95 bits per heavy atom. The fraction of sp³-hybridized carbons (Fsp3) is 0.733. The van der Waals surface area contributed by atoms with Gasteiger partial charge in [-0.05, 0) is 51.6 Å².